The molecular formula is C22H24N2O6. The molecule has 0 fully saturated rings. The Kier molecular flexibility index (Phi) is 5.87. The Morgan fingerprint density at radius 2 is 1.23 bits per heavy atom. The molecule has 0 saturated heterocycles. The fourth-order valence-corrected chi connectivity index (χ4v) is 3.64. The van der Waals surface area contributed by atoms with Gasteiger partial charge in [0.2, 0.25) is 0 Å². The molecule has 8 nitrogen and oxygen atoms in total. The highest BCUT2D eigenvalue weighted by Crippen LogP contribution is 2.28. The summed E-state index contributed by atoms with van der Waals surface area (Å²) in [6.45, 7) is 3.91. The molecule has 8 heteroatoms. The van der Waals surface area contributed by atoms with Gasteiger partial charge in [-0.2, -0.15) is 0 Å². The van der Waals surface area contributed by atoms with Crippen LogP contribution in [0.25, 0.3) is 0 Å². The van der Waals surface area contributed by atoms with E-state index in [4.69, 9.17) is 18.9 Å². The number of carbonyl (C=O) groups is 2. The fourth-order valence-electron chi connectivity index (χ4n) is 3.64. The van der Waals surface area contributed by atoms with Gasteiger partial charge in [-0.05, 0) is 36.4 Å². The molecule has 0 radical (unpaired) electrons. The second kappa shape index (κ2) is 8.73. The minimum absolute atomic E-state index is 0.356. The zero-order chi connectivity index (χ0) is 21.1. The van der Waals surface area contributed by atoms with Gasteiger partial charge < -0.3 is 18.9 Å². The van der Waals surface area contributed by atoms with Crippen molar-refractivity contribution in [1.82, 2.24) is 9.80 Å². The molecule has 0 atom stereocenters. The van der Waals surface area contributed by atoms with Crippen molar-refractivity contribution in [2.24, 2.45) is 0 Å². The van der Waals surface area contributed by atoms with Crippen molar-refractivity contribution >= 4 is 11.9 Å². The Hall–Kier alpha value is -3.10. The van der Waals surface area contributed by atoms with E-state index >= 15 is 0 Å². The molecular weight excluding hydrogens is 388 g/mol. The maximum atomic E-state index is 11.8. The average Bonchev–Trinajstić information content (AvgIpc) is 2.80. The summed E-state index contributed by atoms with van der Waals surface area (Å²) >= 11 is 0. The third-order valence-electron chi connectivity index (χ3n) is 5.29. The van der Waals surface area contributed by atoms with Gasteiger partial charge in [-0.1, -0.05) is 0 Å². The topological polar surface area (TPSA) is 77.5 Å². The molecule has 0 aromatic heterocycles. The number of hydrogen-bond donors (Lipinski definition) is 0. The van der Waals surface area contributed by atoms with E-state index < -0.39 is 0 Å². The number of benzene rings is 2. The van der Waals surface area contributed by atoms with Gasteiger partial charge in [0, 0.05) is 37.3 Å². The van der Waals surface area contributed by atoms with E-state index in [1.165, 1.54) is 14.2 Å². The molecule has 2 heterocycles. The first-order valence-corrected chi connectivity index (χ1v) is 9.70. The molecule has 0 spiro atoms. The predicted molar refractivity (Wildman–Crippen MR) is 107 cm³/mol. The Labute approximate surface area is 174 Å². The van der Waals surface area contributed by atoms with Gasteiger partial charge >= 0.3 is 11.9 Å². The van der Waals surface area contributed by atoms with Crippen LogP contribution in [0.3, 0.4) is 0 Å². The molecule has 0 amide bonds. The van der Waals surface area contributed by atoms with Crippen LogP contribution in [0, 0.1) is 0 Å². The van der Waals surface area contributed by atoms with Crippen LogP contribution in [-0.2, 0) is 22.6 Å². The van der Waals surface area contributed by atoms with Crippen LogP contribution in [0.2, 0.25) is 0 Å². The molecule has 2 aromatic rings. The lowest BCUT2D eigenvalue weighted by atomic mass is 10.1. The van der Waals surface area contributed by atoms with Crippen molar-refractivity contribution in [2.45, 2.75) is 13.1 Å². The second-order valence-corrected chi connectivity index (χ2v) is 7.28. The standard InChI is InChI=1S/C22H24N2O6/c1-27-21(25)15-3-5-19-17(9-15)11-23(13-29-19)7-8-24-12-18-10-16(22(26)28-2)4-6-20(18)30-14-24/h3-6,9-10H,7-8,11-14H2,1-2H3. The Balaban J connectivity index is 1.36. The minimum Gasteiger partial charge on any atom is -0.478 e. The van der Waals surface area contributed by atoms with Crippen LogP contribution in [-0.4, -0.2) is 62.5 Å². The van der Waals surface area contributed by atoms with E-state index in [9.17, 15) is 9.59 Å². The highest BCUT2D eigenvalue weighted by atomic mass is 16.5. The average molecular weight is 412 g/mol. The molecule has 0 unspecified atom stereocenters. The summed E-state index contributed by atoms with van der Waals surface area (Å²) in [6.07, 6.45) is 0. The maximum Gasteiger partial charge on any atom is 0.337 e. The monoisotopic (exact) mass is 412 g/mol. The van der Waals surface area contributed by atoms with E-state index in [-0.39, 0.29) is 11.9 Å². The minimum atomic E-state index is -0.356. The molecule has 4 rings (SSSR count). The van der Waals surface area contributed by atoms with Crippen LogP contribution in [0.15, 0.2) is 36.4 Å². The van der Waals surface area contributed by atoms with Crippen LogP contribution >= 0.6 is 0 Å². The summed E-state index contributed by atoms with van der Waals surface area (Å²) in [6, 6.07) is 10.7. The third-order valence-corrected chi connectivity index (χ3v) is 5.29. The first kappa shape index (κ1) is 20.2. The lowest BCUT2D eigenvalue weighted by Gasteiger charge is -2.33. The van der Waals surface area contributed by atoms with Crippen molar-refractivity contribution in [2.75, 3.05) is 40.8 Å². The van der Waals surface area contributed by atoms with Gasteiger partial charge in [0.25, 0.3) is 0 Å². The molecule has 0 aliphatic carbocycles. The van der Waals surface area contributed by atoms with Crippen molar-refractivity contribution in [3.63, 3.8) is 0 Å². The smallest absolute Gasteiger partial charge is 0.337 e. The summed E-state index contributed by atoms with van der Waals surface area (Å²) in [4.78, 5) is 27.9. The molecule has 158 valence electrons. The predicted octanol–water partition coefficient (Wildman–Crippen LogP) is 2.26. The van der Waals surface area contributed by atoms with Gasteiger partial charge in [0.1, 0.15) is 25.0 Å². The number of esters is 2. The zero-order valence-electron chi connectivity index (χ0n) is 17.1. The van der Waals surface area contributed by atoms with Crippen LogP contribution in [0.1, 0.15) is 31.8 Å². The Bertz CT molecular complexity index is 883. The molecule has 2 aromatic carbocycles. The lowest BCUT2D eigenvalue weighted by Crippen LogP contribution is -2.41. The van der Waals surface area contributed by atoms with Crippen LogP contribution < -0.4 is 9.47 Å². The van der Waals surface area contributed by atoms with Gasteiger partial charge in [0.15, 0.2) is 0 Å². The van der Waals surface area contributed by atoms with E-state index in [0.717, 1.165) is 35.7 Å². The highest BCUT2D eigenvalue weighted by molar-refractivity contribution is 5.90. The zero-order valence-corrected chi connectivity index (χ0v) is 17.1. The number of fused-ring (bicyclic) bond motifs is 2. The molecule has 2 aliphatic rings. The van der Waals surface area contributed by atoms with Crippen molar-refractivity contribution in [1.29, 1.82) is 0 Å². The summed E-state index contributed by atoms with van der Waals surface area (Å²) in [5, 5.41) is 0. The van der Waals surface area contributed by atoms with Gasteiger partial charge in [-0.3, -0.25) is 9.80 Å². The van der Waals surface area contributed by atoms with E-state index in [2.05, 4.69) is 9.80 Å². The fraction of sp³-hybridized carbons (Fsp3) is 0.364. The first-order chi connectivity index (χ1) is 14.6. The van der Waals surface area contributed by atoms with Gasteiger partial charge in [-0.15, -0.1) is 0 Å². The number of nitrogens with zero attached hydrogens (tertiary/aromatic N) is 2. The lowest BCUT2D eigenvalue weighted by molar-refractivity contribution is 0.0514. The van der Waals surface area contributed by atoms with E-state index in [0.29, 0.717) is 37.7 Å². The summed E-state index contributed by atoms with van der Waals surface area (Å²) in [5.41, 5.74) is 2.97. The number of hydrogen-bond acceptors (Lipinski definition) is 8. The SMILES string of the molecule is COC(=O)c1ccc2c(c1)CN(CCN1COc3ccc(C(=O)OC)cc3C1)CO2. The first-order valence-electron chi connectivity index (χ1n) is 9.70. The number of rotatable bonds is 5. The number of carbonyl (C=O) groups excluding carboxylic acids is 2. The normalized spacial score (nSPS) is 15.9. The van der Waals surface area contributed by atoms with Crippen molar-refractivity contribution in [3.8, 4) is 11.5 Å². The van der Waals surface area contributed by atoms with Gasteiger partial charge in [-0.25, -0.2) is 9.59 Å². The Morgan fingerprint density at radius 3 is 1.63 bits per heavy atom. The molecule has 30 heavy (non-hydrogen) atoms. The number of methoxy groups -OCH3 is 2. The maximum absolute atomic E-state index is 11.8. The molecule has 2 aliphatic heterocycles. The molecule has 0 N–H and O–H groups in total. The van der Waals surface area contributed by atoms with E-state index in [1.54, 1.807) is 12.1 Å². The molecule has 0 saturated carbocycles. The van der Waals surface area contributed by atoms with Crippen molar-refractivity contribution < 1.29 is 28.5 Å². The summed E-state index contributed by atoms with van der Waals surface area (Å²) in [5.74, 6) is 0.879. The van der Waals surface area contributed by atoms with Crippen LogP contribution in [0.5, 0.6) is 11.5 Å². The summed E-state index contributed by atoms with van der Waals surface area (Å²) < 4.78 is 21.2. The third kappa shape index (κ3) is 4.24. The van der Waals surface area contributed by atoms with E-state index in [1.807, 2.05) is 24.3 Å². The quantitative estimate of drug-likeness (QED) is 0.693. The van der Waals surface area contributed by atoms with Crippen LogP contribution in [0.4, 0.5) is 0 Å². The second-order valence-electron chi connectivity index (χ2n) is 7.28. The van der Waals surface area contributed by atoms with Crippen molar-refractivity contribution in [3.05, 3.63) is 58.7 Å². The largest absolute Gasteiger partial charge is 0.478 e. The summed E-state index contributed by atoms with van der Waals surface area (Å²) in [7, 11) is 2.75. The highest BCUT2D eigenvalue weighted by Gasteiger charge is 2.22. The Morgan fingerprint density at radius 1 is 0.800 bits per heavy atom. The van der Waals surface area contributed by atoms with Gasteiger partial charge in [0.05, 0.1) is 25.3 Å². The molecule has 0 bridgehead atoms. The number of ether oxygens (including phenoxy) is 4.